The van der Waals surface area contributed by atoms with Crippen LogP contribution in [0, 0.1) is 0 Å². The van der Waals surface area contributed by atoms with Crippen LogP contribution in [0.2, 0.25) is 0 Å². The lowest BCUT2D eigenvalue weighted by atomic mass is 9.92. The summed E-state index contributed by atoms with van der Waals surface area (Å²) in [7, 11) is 3.78. The zero-order valence-corrected chi connectivity index (χ0v) is 8.17. The van der Waals surface area contributed by atoms with Crippen LogP contribution >= 0.6 is 0 Å². The molecule has 0 unspecified atom stereocenters. The van der Waals surface area contributed by atoms with Crippen molar-refractivity contribution < 1.29 is 9.57 Å². The lowest BCUT2D eigenvalue weighted by molar-refractivity contribution is -0.0792. The van der Waals surface area contributed by atoms with E-state index >= 15 is 0 Å². The molecule has 0 amide bonds. The molecule has 0 aromatic rings. The van der Waals surface area contributed by atoms with Crippen LogP contribution in [0.4, 0.5) is 0 Å². The number of hydrogen-bond donors (Lipinski definition) is 1. The highest BCUT2D eigenvalue weighted by Gasteiger charge is 2.38. The van der Waals surface area contributed by atoms with Crippen LogP contribution in [0.3, 0.4) is 0 Å². The van der Waals surface area contributed by atoms with Crippen molar-refractivity contribution in [3.8, 4) is 0 Å². The summed E-state index contributed by atoms with van der Waals surface area (Å²) in [4.78, 5) is 7.85. The van der Waals surface area contributed by atoms with Crippen LogP contribution in [0.15, 0.2) is 12.0 Å². The van der Waals surface area contributed by atoms with Crippen molar-refractivity contribution in [2.24, 2.45) is 0 Å². The van der Waals surface area contributed by atoms with Crippen LogP contribution in [0.5, 0.6) is 0 Å². The lowest BCUT2D eigenvalue weighted by Gasteiger charge is -2.34. The van der Waals surface area contributed by atoms with Gasteiger partial charge in [0.25, 0.3) is 0 Å². The Morgan fingerprint density at radius 1 is 1.54 bits per heavy atom. The van der Waals surface area contributed by atoms with Crippen molar-refractivity contribution in [1.29, 1.82) is 0 Å². The van der Waals surface area contributed by atoms with Gasteiger partial charge in [-0.25, -0.2) is 5.48 Å². The molecule has 2 heterocycles. The molecule has 1 fully saturated rings. The first-order chi connectivity index (χ1) is 6.24. The minimum absolute atomic E-state index is 0.113. The van der Waals surface area contributed by atoms with Gasteiger partial charge in [-0.05, 0) is 19.9 Å². The van der Waals surface area contributed by atoms with E-state index in [4.69, 9.17) is 9.57 Å². The van der Waals surface area contributed by atoms with Crippen LogP contribution < -0.4 is 5.48 Å². The summed E-state index contributed by atoms with van der Waals surface area (Å²) in [6, 6.07) is 0. The Labute approximate surface area is 78.4 Å². The Kier molecular flexibility index (Phi) is 2.17. The fourth-order valence-electron chi connectivity index (χ4n) is 1.79. The van der Waals surface area contributed by atoms with Gasteiger partial charge in [0.2, 0.25) is 5.88 Å². The summed E-state index contributed by atoms with van der Waals surface area (Å²) < 4.78 is 5.08. The number of rotatable bonds is 1. The van der Waals surface area contributed by atoms with E-state index in [0.717, 1.165) is 31.8 Å². The number of nitrogens with zero attached hydrogens (tertiary/aromatic N) is 1. The maximum Gasteiger partial charge on any atom is 0.209 e. The molecule has 13 heavy (non-hydrogen) atoms. The Bertz CT molecular complexity index is 220. The quantitative estimate of drug-likeness (QED) is 0.642. The van der Waals surface area contributed by atoms with Crippen molar-refractivity contribution in [2.45, 2.75) is 18.4 Å². The van der Waals surface area contributed by atoms with Gasteiger partial charge >= 0.3 is 0 Å². The molecule has 2 rings (SSSR count). The molecular formula is C9H16N2O2. The van der Waals surface area contributed by atoms with Crippen molar-refractivity contribution in [3.05, 3.63) is 12.0 Å². The zero-order valence-electron chi connectivity index (χ0n) is 8.17. The average molecular weight is 184 g/mol. The maximum atomic E-state index is 5.54. The average Bonchev–Trinajstić information content (AvgIpc) is 2.55. The molecule has 0 radical (unpaired) electrons. The molecule has 0 aliphatic carbocycles. The fraction of sp³-hybridized carbons (Fsp3) is 0.778. The Morgan fingerprint density at radius 3 is 2.77 bits per heavy atom. The summed E-state index contributed by atoms with van der Waals surface area (Å²) in [6.07, 6.45) is 4.12. The van der Waals surface area contributed by atoms with E-state index < -0.39 is 0 Å². The normalized spacial score (nSPS) is 27.1. The van der Waals surface area contributed by atoms with Gasteiger partial charge in [-0.3, -0.25) is 4.84 Å². The highest BCUT2D eigenvalue weighted by molar-refractivity contribution is 5.11. The standard InChI is InChI=1S/C9H16N2O2/c1-11-5-3-9(4-6-11)7-8(12-2)10-13-9/h7,10H,3-6H2,1-2H3. The molecule has 4 heteroatoms. The van der Waals surface area contributed by atoms with Gasteiger partial charge in [0.05, 0.1) is 7.11 Å². The van der Waals surface area contributed by atoms with Crippen molar-refractivity contribution >= 4 is 0 Å². The molecular weight excluding hydrogens is 168 g/mol. The number of hydroxylamine groups is 1. The highest BCUT2D eigenvalue weighted by atomic mass is 16.7. The predicted octanol–water partition coefficient (Wildman–Crippen LogP) is 0.473. The number of likely N-dealkylation sites (tertiary alicyclic amines) is 1. The second kappa shape index (κ2) is 3.20. The molecule has 74 valence electrons. The van der Waals surface area contributed by atoms with Gasteiger partial charge in [0, 0.05) is 19.2 Å². The lowest BCUT2D eigenvalue weighted by Crippen LogP contribution is -2.42. The Balaban J connectivity index is 2.03. The van der Waals surface area contributed by atoms with E-state index in [1.54, 1.807) is 7.11 Å². The summed E-state index contributed by atoms with van der Waals surface area (Å²) in [6.45, 7) is 2.16. The van der Waals surface area contributed by atoms with E-state index in [0.29, 0.717) is 0 Å². The number of ether oxygens (including phenoxy) is 1. The molecule has 0 saturated carbocycles. The topological polar surface area (TPSA) is 33.7 Å². The largest absolute Gasteiger partial charge is 0.481 e. The smallest absolute Gasteiger partial charge is 0.209 e. The first-order valence-corrected chi connectivity index (χ1v) is 4.63. The second-order valence-corrected chi connectivity index (χ2v) is 3.78. The minimum Gasteiger partial charge on any atom is -0.481 e. The molecule has 0 aromatic carbocycles. The van der Waals surface area contributed by atoms with Crippen LogP contribution in [0.1, 0.15) is 12.8 Å². The number of nitrogens with one attached hydrogen (secondary N) is 1. The molecule has 1 saturated heterocycles. The van der Waals surface area contributed by atoms with Gasteiger partial charge in [-0.1, -0.05) is 0 Å². The van der Waals surface area contributed by atoms with E-state index in [2.05, 4.69) is 23.5 Å². The number of piperidine rings is 1. The number of methoxy groups -OCH3 is 1. The molecule has 0 atom stereocenters. The highest BCUT2D eigenvalue weighted by Crippen LogP contribution is 2.31. The van der Waals surface area contributed by atoms with E-state index in [-0.39, 0.29) is 5.60 Å². The Hall–Kier alpha value is -0.740. The third-order valence-electron chi connectivity index (χ3n) is 2.80. The van der Waals surface area contributed by atoms with Crippen LogP contribution in [-0.4, -0.2) is 37.7 Å². The van der Waals surface area contributed by atoms with Gasteiger partial charge in [0.15, 0.2) is 0 Å². The van der Waals surface area contributed by atoms with Gasteiger partial charge in [-0.2, -0.15) is 0 Å². The van der Waals surface area contributed by atoms with Crippen LogP contribution in [0.25, 0.3) is 0 Å². The molecule has 0 bridgehead atoms. The first-order valence-electron chi connectivity index (χ1n) is 4.63. The SMILES string of the molecule is COC1=CC2(CCN(C)CC2)ON1. The van der Waals surface area contributed by atoms with E-state index in [9.17, 15) is 0 Å². The monoisotopic (exact) mass is 184 g/mol. The summed E-state index contributed by atoms with van der Waals surface area (Å²) in [5, 5.41) is 0. The zero-order chi connectivity index (χ0) is 9.31. The van der Waals surface area contributed by atoms with Gasteiger partial charge in [-0.15, -0.1) is 0 Å². The summed E-state index contributed by atoms with van der Waals surface area (Å²) in [5.41, 5.74) is 2.69. The minimum atomic E-state index is -0.113. The van der Waals surface area contributed by atoms with Crippen molar-refractivity contribution in [1.82, 2.24) is 10.4 Å². The van der Waals surface area contributed by atoms with Crippen LogP contribution in [-0.2, 0) is 9.57 Å². The first kappa shape index (κ1) is 8.84. The fourth-order valence-corrected chi connectivity index (χ4v) is 1.79. The summed E-state index contributed by atoms with van der Waals surface area (Å²) >= 11 is 0. The van der Waals surface area contributed by atoms with Gasteiger partial charge in [0.1, 0.15) is 5.60 Å². The molecule has 2 aliphatic heterocycles. The van der Waals surface area contributed by atoms with Crippen molar-refractivity contribution in [3.63, 3.8) is 0 Å². The third-order valence-corrected chi connectivity index (χ3v) is 2.80. The second-order valence-electron chi connectivity index (χ2n) is 3.78. The summed E-state index contributed by atoms with van der Waals surface area (Å²) in [5.74, 6) is 0.740. The van der Waals surface area contributed by atoms with E-state index in [1.165, 1.54) is 0 Å². The predicted molar refractivity (Wildman–Crippen MR) is 48.8 cm³/mol. The third kappa shape index (κ3) is 1.64. The molecule has 0 aromatic heterocycles. The molecule has 1 N–H and O–H groups in total. The molecule has 1 spiro atoms. The van der Waals surface area contributed by atoms with E-state index in [1.807, 2.05) is 0 Å². The molecule has 2 aliphatic rings. The Morgan fingerprint density at radius 2 is 2.23 bits per heavy atom. The van der Waals surface area contributed by atoms with Crippen molar-refractivity contribution in [2.75, 3.05) is 27.2 Å². The van der Waals surface area contributed by atoms with Gasteiger partial charge < -0.3 is 9.64 Å². The maximum absolute atomic E-state index is 5.54. The number of hydrogen-bond acceptors (Lipinski definition) is 4. The molecule has 4 nitrogen and oxygen atoms in total.